The second-order valence-electron chi connectivity index (χ2n) is 7.36. The molecule has 1 fully saturated rings. The highest BCUT2D eigenvalue weighted by molar-refractivity contribution is 8.18. The second kappa shape index (κ2) is 10.1. The number of aryl methyl sites for hydroxylation is 1. The van der Waals surface area contributed by atoms with E-state index in [-0.39, 0.29) is 11.0 Å². The van der Waals surface area contributed by atoms with E-state index < -0.39 is 23.6 Å². The van der Waals surface area contributed by atoms with Crippen LogP contribution in [0.3, 0.4) is 0 Å². The Labute approximate surface area is 195 Å². The van der Waals surface area contributed by atoms with Gasteiger partial charge in [0.15, 0.2) is 11.5 Å². The number of thioether (sulfide) groups is 1. The molecule has 32 heavy (non-hydrogen) atoms. The van der Waals surface area contributed by atoms with Crippen molar-refractivity contribution in [2.45, 2.75) is 26.9 Å². The number of nitrogens with zero attached hydrogens (tertiary/aromatic N) is 1. The highest BCUT2D eigenvalue weighted by atomic mass is 35.5. The van der Waals surface area contributed by atoms with Gasteiger partial charge in [-0.05, 0) is 74.0 Å². The normalized spacial score (nSPS) is 14.9. The van der Waals surface area contributed by atoms with E-state index in [0.29, 0.717) is 27.8 Å². The Hall–Kier alpha value is -2.97. The summed E-state index contributed by atoms with van der Waals surface area (Å²) >= 11 is 6.85. The number of nitrogens with one attached hydrogen (secondary N) is 1. The van der Waals surface area contributed by atoms with Crippen LogP contribution in [0.4, 0.5) is 10.5 Å². The number of halogens is 1. The van der Waals surface area contributed by atoms with Crippen LogP contribution >= 0.6 is 23.4 Å². The first kappa shape index (κ1) is 23.7. The van der Waals surface area contributed by atoms with Crippen molar-refractivity contribution < 1.29 is 23.9 Å². The number of hydrogen-bond acceptors (Lipinski definition) is 6. The van der Waals surface area contributed by atoms with Gasteiger partial charge in [0, 0.05) is 10.7 Å². The number of methoxy groups -OCH3 is 1. The van der Waals surface area contributed by atoms with Crippen molar-refractivity contribution in [2.24, 2.45) is 0 Å². The van der Waals surface area contributed by atoms with Crippen molar-refractivity contribution in [3.8, 4) is 11.5 Å². The maximum absolute atomic E-state index is 12.7. The summed E-state index contributed by atoms with van der Waals surface area (Å²) in [6.45, 7) is 5.28. The van der Waals surface area contributed by atoms with Gasteiger partial charge < -0.3 is 14.8 Å². The van der Waals surface area contributed by atoms with Crippen LogP contribution < -0.4 is 14.8 Å². The molecule has 1 saturated heterocycles. The fourth-order valence-electron chi connectivity index (χ4n) is 2.93. The number of benzene rings is 2. The molecule has 2 aromatic rings. The Bertz CT molecular complexity index is 1100. The maximum atomic E-state index is 12.7. The monoisotopic (exact) mass is 474 g/mol. The molecule has 1 heterocycles. The van der Waals surface area contributed by atoms with Crippen molar-refractivity contribution in [2.75, 3.05) is 19.0 Å². The van der Waals surface area contributed by atoms with Gasteiger partial charge in [0.2, 0.25) is 5.91 Å². The molecule has 1 aliphatic rings. The molecule has 2 aromatic carbocycles. The van der Waals surface area contributed by atoms with E-state index >= 15 is 0 Å². The SMILES string of the molecule is COc1cc(C=C2SC(=O)N(CC(=O)Nc3ccc(C)c(Cl)c3)C2=O)ccc1OC(C)C. The Morgan fingerprint density at radius 1 is 1.19 bits per heavy atom. The van der Waals surface area contributed by atoms with Crippen LogP contribution in [-0.4, -0.2) is 41.7 Å². The van der Waals surface area contributed by atoms with Gasteiger partial charge in [-0.15, -0.1) is 0 Å². The third kappa shape index (κ3) is 5.63. The zero-order valence-electron chi connectivity index (χ0n) is 18.1. The van der Waals surface area contributed by atoms with Gasteiger partial charge in [0.25, 0.3) is 11.1 Å². The molecular weight excluding hydrogens is 452 g/mol. The summed E-state index contributed by atoms with van der Waals surface area (Å²) in [5.41, 5.74) is 2.03. The van der Waals surface area contributed by atoms with E-state index in [1.807, 2.05) is 20.8 Å². The molecule has 3 amide bonds. The lowest BCUT2D eigenvalue weighted by atomic mass is 10.2. The fraction of sp³-hybridized carbons (Fsp3) is 0.261. The number of hydrogen-bond donors (Lipinski definition) is 1. The molecule has 0 spiro atoms. The Morgan fingerprint density at radius 3 is 2.59 bits per heavy atom. The number of ether oxygens (including phenoxy) is 2. The van der Waals surface area contributed by atoms with Crippen LogP contribution in [0.2, 0.25) is 5.02 Å². The lowest BCUT2D eigenvalue weighted by Crippen LogP contribution is -2.36. The molecule has 0 bridgehead atoms. The van der Waals surface area contributed by atoms with Gasteiger partial charge >= 0.3 is 0 Å². The van der Waals surface area contributed by atoms with Gasteiger partial charge in [-0.3, -0.25) is 19.3 Å². The molecule has 1 aliphatic heterocycles. The van der Waals surface area contributed by atoms with E-state index in [9.17, 15) is 14.4 Å². The van der Waals surface area contributed by atoms with E-state index in [1.165, 1.54) is 7.11 Å². The lowest BCUT2D eigenvalue weighted by Gasteiger charge is -2.14. The zero-order chi connectivity index (χ0) is 23.4. The second-order valence-corrected chi connectivity index (χ2v) is 8.76. The van der Waals surface area contributed by atoms with Crippen LogP contribution in [-0.2, 0) is 9.59 Å². The smallest absolute Gasteiger partial charge is 0.294 e. The highest BCUT2D eigenvalue weighted by Crippen LogP contribution is 2.34. The Kier molecular flexibility index (Phi) is 7.48. The molecule has 7 nitrogen and oxygen atoms in total. The summed E-state index contributed by atoms with van der Waals surface area (Å²) in [5.74, 6) is 0.0762. The molecule has 0 saturated carbocycles. The first-order valence-electron chi connectivity index (χ1n) is 9.84. The average molecular weight is 475 g/mol. The van der Waals surface area contributed by atoms with Crippen LogP contribution in [0, 0.1) is 6.92 Å². The minimum Gasteiger partial charge on any atom is -0.493 e. The first-order valence-corrected chi connectivity index (χ1v) is 11.0. The molecule has 1 N–H and O–H groups in total. The van der Waals surface area contributed by atoms with Crippen molar-refractivity contribution in [1.29, 1.82) is 0 Å². The van der Waals surface area contributed by atoms with Crippen LogP contribution in [0.1, 0.15) is 25.0 Å². The predicted molar refractivity (Wildman–Crippen MR) is 126 cm³/mol. The van der Waals surface area contributed by atoms with Crippen molar-refractivity contribution >= 4 is 52.2 Å². The summed E-state index contributed by atoms with van der Waals surface area (Å²) in [4.78, 5) is 38.6. The highest BCUT2D eigenvalue weighted by Gasteiger charge is 2.36. The van der Waals surface area contributed by atoms with Crippen molar-refractivity contribution in [3.63, 3.8) is 0 Å². The van der Waals surface area contributed by atoms with Gasteiger partial charge in [0.1, 0.15) is 6.54 Å². The molecule has 0 atom stereocenters. The topological polar surface area (TPSA) is 84.9 Å². The minimum atomic E-state index is -0.529. The number of anilines is 1. The van der Waals surface area contributed by atoms with Crippen LogP contribution in [0.25, 0.3) is 6.08 Å². The van der Waals surface area contributed by atoms with Gasteiger partial charge in [-0.2, -0.15) is 0 Å². The fourth-order valence-corrected chi connectivity index (χ4v) is 3.95. The van der Waals surface area contributed by atoms with Crippen molar-refractivity contribution in [1.82, 2.24) is 4.90 Å². The number of rotatable bonds is 7. The minimum absolute atomic E-state index is 0.0201. The molecule has 0 radical (unpaired) electrons. The molecule has 0 unspecified atom stereocenters. The average Bonchev–Trinajstić information content (AvgIpc) is 2.98. The van der Waals surface area contributed by atoms with Gasteiger partial charge in [0.05, 0.1) is 18.1 Å². The van der Waals surface area contributed by atoms with E-state index in [2.05, 4.69) is 5.32 Å². The van der Waals surface area contributed by atoms with E-state index in [1.54, 1.807) is 42.5 Å². The molecule has 0 aromatic heterocycles. The van der Waals surface area contributed by atoms with E-state index in [4.69, 9.17) is 21.1 Å². The number of carbonyl (C=O) groups excluding carboxylic acids is 3. The maximum Gasteiger partial charge on any atom is 0.294 e. The first-order chi connectivity index (χ1) is 15.2. The summed E-state index contributed by atoms with van der Waals surface area (Å²) in [6.07, 6.45) is 1.57. The zero-order valence-corrected chi connectivity index (χ0v) is 19.7. The summed E-state index contributed by atoms with van der Waals surface area (Å²) in [6, 6.07) is 10.3. The third-order valence-corrected chi connectivity index (χ3v) is 5.79. The molecule has 0 aliphatic carbocycles. The lowest BCUT2D eigenvalue weighted by molar-refractivity contribution is -0.127. The van der Waals surface area contributed by atoms with Gasteiger partial charge in [-0.25, -0.2) is 0 Å². The summed E-state index contributed by atoms with van der Waals surface area (Å²) < 4.78 is 11.0. The quantitative estimate of drug-likeness (QED) is 0.560. The number of carbonyl (C=O) groups is 3. The Morgan fingerprint density at radius 2 is 1.94 bits per heavy atom. The molecular formula is C23H23ClN2O5S. The number of amides is 3. The Balaban J connectivity index is 1.71. The van der Waals surface area contributed by atoms with Crippen molar-refractivity contribution in [3.05, 3.63) is 57.5 Å². The third-order valence-electron chi connectivity index (χ3n) is 4.48. The summed E-state index contributed by atoms with van der Waals surface area (Å²) in [5, 5.41) is 2.65. The largest absolute Gasteiger partial charge is 0.493 e. The summed E-state index contributed by atoms with van der Waals surface area (Å²) in [7, 11) is 1.53. The molecule has 9 heteroatoms. The molecule has 3 rings (SSSR count). The predicted octanol–water partition coefficient (Wildman–Crippen LogP) is 5.12. The standard InChI is InChI=1S/C23H23ClN2O5S/c1-13(2)31-18-8-6-15(9-19(18)30-4)10-20-22(28)26(23(29)32-20)12-21(27)25-16-7-5-14(3)17(24)11-16/h5-11,13H,12H2,1-4H3,(H,25,27). The van der Waals surface area contributed by atoms with Crippen LogP contribution in [0.5, 0.6) is 11.5 Å². The molecule has 168 valence electrons. The number of imide groups is 1. The van der Waals surface area contributed by atoms with E-state index in [0.717, 1.165) is 22.2 Å². The van der Waals surface area contributed by atoms with Gasteiger partial charge in [-0.1, -0.05) is 23.7 Å². The van der Waals surface area contributed by atoms with Crippen LogP contribution in [0.15, 0.2) is 41.3 Å².